The minimum absolute atomic E-state index is 0.439. The van der Waals surface area contributed by atoms with Crippen LogP contribution in [0.4, 0.5) is 5.69 Å². The van der Waals surface area contributed by atoms with Gasteiger partial charge in [0.05, 0.1) is 0 Å². The summed E-state index contributed by atoms with van der Waals surface area (Å²) >= 11 is 0. The van der Waals surface area contributed by atoms with Gasteiger partial charge in [-0.2, -0.15) is 0 Å². The molecule has 0 saturated heterocycles. The lowest BCUT2D eigenvalue weighted by Crippen LogP contribution is -2.36. The highest BCUT2D eigenvalue weighted by Crippen LogP contribution is 2.30. The molecule has 3 rings (SSSR count). The van der Waals surface area contributed by atoms with Gasteiger partial charge in [0, 0.05) is 24.1 Å². The second-order valence-electron chi connectivity index (χ2n) is 5.61. The van der Waals surface area contributed by atoms with Gasteiger partial charge in [-0.1, -0.05) is 24.3 Å². The van der Waals surface area contributed by atoms with Crippen molar-refractivity contribution in [1.82, 2.24) is 10.3 Å². The van der Waals surface area contributed by atoms with E-state index in [0.717, 1.165) is 30.5 Å². The number of likely N-dealkylation sites (N-methyl/N-ethyl adjacent to an activating group) is 1. The van der Waals surface area contributed by atoms with Gasteiger partial charge in [-0.05, 0) is 55.0 Å². The van der Waals surface area contributed by atoms with Crippen LogP contribution in [0.3, 0.4) is 0 Å². The van der Waals surface area contributed by atoms with Crippen LogP contribution < -0.4 is 11.1 Å². The van der Waals surface area contributed by atoms with Crippen LogP contribution in [-0.4, -0.2) is 18.1 Å². The van der Waals surface area contributed by atoms with E-state index in [0.29, 0.717) is 12.0 Å². The molecule has 0 amide bonds. The molecular weight excluding hydrogens is 246 g/mol. The Balaban J connectivity index is 1.74. The summed E-state index contributed by atoms with van der Waals surface area (Å²) in [6.45, 7) is 0. The highest BCUT2D eigenvalue weighted by molar-refractivity contribution is 5.45. The van der Waals surface area contributed by atoms with Crippen LogP contribution in [0.15, 0.2) is 42.7 Å². The summed E-state index contributed by atoms with van der Waals surface area (Å²) in [4.78, 5) is 4.19. The van der Waals surface area contributed by atoms with Crippen molar-refractivity contribution in [1.29, 1.82) is 0 Å². The fourth-order valence-corrected chi connectivity index (χ4v) is 3.23. The maximum Gasteiger partial charge on any atom is 0.0378 e. The van der Waals surface area contributed by atoms with E-state index in [-0.39, 0.29) is 0 Å². The number of nitrogens with two attached hydrogens (primary N) is 1. The molecule has 0 spiro atoms. The summed E-state index contributed by atoms with van der Waals surface area (Å²) in [5.41, 5.74) is 11.0. The molecule has 1 aliphatic carbocycles. The molecule has 104 valence electrons. The van der Waals surface area contributed by atoms with Gasteiger partial charge in [-0.25, -0.2) is 0 Å². The van der Waals surface area contributed by atoms with Crippen LogP contribution in [0.2, 0.25) is 0 Å². The van der Waals surface area contributed by atoms with Crippen molar-refractivity contribution in [3.05, 3.63) is 59.4 Å². The minimum Gasteiger partial charge on any atom is -0.398 e. The molecule has 1 unspecified atom stereocenters. The van der Waals surface area contributed by atoms with Crippen molar-refractivity contribution >= 4 is 5.69 Å². The van der Waals surface area contributed by atoms with Crippen LogP contribution in [0.1, 0.15) is 16.7 Å². The van der Waals surface area contributed by atoms with Gasteiger partial charge in [-0.3, -0.25) is 4.98 Å². The number of nitrogens with one attached hydrogen (secondary N) is 1. The largest absolute Gasteiger partial charge is 0.398 e. The number of anilines is 1. The zero-order valence-electron chi connectivity index (χ0n) is 11.8. The Kier molecular flexibility index (Phi) is 3.70. The summed E-state index contributed by atoms with van der Waals surface area (Å²) in [6.07, 6.45) is 6.89. The van der Waals surface area contributed by atoms with E-state index in [1.807, 2.05) is 19.3 Å². The van der Waals surface area contributed by atoms with Crippen molar-refractivity contribution in [3.63, 3.8) is 0 Å². The first-order chi connectivity index (χ1) is 9.78. The SMILES string of the molecule is CNC(Cc1cnccc1N)C1Cc2ccccc2C1. The molecular formula is C17H21N3. The Labute approximate surface area is 120 Å². The van der Waals surface area contributed by atoms with Gasteiger partial charge < -0.3 is 11.1 Å². The summed E-state index contributed by atoms with van der Waals surface area (Å²) in [7, 11) is 2.04. The molecule has 0 fully saturated rings. The summed E-state index contributed by atoms with van der Waals surface area (Å²) in [5.74, 6) is 0.636. The minimum atomic E-state index is 0.439. The highest BCUT2D eigenvalue weighted by atomic mass is 14.9. The van der Waals surface area contributed by atoms with Crippen LogP contribution >= 0.6 is 0 Å². The van der Waals surface area contributed by atoms with Gasteiger partial charge in [-0.15, -0.1) is 0 Å². The molecule has 0 aliphatic heterocycles. The topological polar surface area (TPSA) is 50.9 Å². The van der Waals surface area contributed by atoms with Crippen LogP contribution in [0, 0.1) is 5.92 Å². The number of rotatable bonds is 4. The smallest absolute Gasteiger partial charge is 0.0378 e. The number of benzene rings is 1. The first-order valence-electron chi connectivity index (χ1n) is 7.20. The number of fused-ring (bicyclic) bond motifs is 1. The first kappa shape index (κ1) is 13.1. The normalized spacial score (nSPS) is 16.1. The lowest BCUT2D eigenvalue weighted by atomic mass is 9.91. The second kappa shape index (κ2) is 5.63. The maximum atomic E-state index is 6.04. The molecule has 0 bridgehead atoms. The van der Waals surface area contributed by atoms with Crippen molar-refractivity contribution in [2.45, 2.75) is 25.3 Å². The Morgan fingerprint density at radius 2 is 1.95 bits per heavy atom. The predicted molar refractivity (Wildman–Crippen MR) is 82.5 cm³/mol. The van der Waals surface area contributed by atoms with Gasteiger partial charge in [0.2, 0.25) is 0 Å². The lowest BCUT2D eigenvalue weighted by Gasteiger charge is -2.23. The second-order valence-corrected chi connectivity index (χ2v) is 5.61. The lowest BCUT2D eigenvalue weighted by molar-refractivity contribution is 0.383. The van der Waals surface area contributed by atoms with Crippen molar-refractivity contribution in [2.75, 3.05) is 12.8 Å². The molecule has 3 N–H and O–H groups in total. The number of nitrogen functional groups attached to an aromatic ring is 1. The van der Waals surface area contributed by atoms with E-state index in [9.17, 15) is 0 Å². The molecule has 3 nitrogen and oxygen atoms in total. The molecule has 1 aromatic carbocycles. The molecule has 3 heteroatoms. The Hall–Kier alpha value is -1.87. The Morgan fingerprint density at radius 1 is 1.25 bits per heavy atom. The van der Waals surface area contributed by atoms with E-state index < -0.39 is 0 Å². The molecule has 0 radical (unpaired) electrons. The third kappa shape index (κ3) is 2.54. The standard InChI is InChI=1S/C17H21N3/c1-19-17(10-15-11-20-7-6-16(15)18)14-8-12-4-2-3-5-13(12)9-14/h2-7,11,14,17,19H,8-10H2,1H3,(H2,18,20). The third-order valence-electron chi connectivity index (χ3n) is 4.40. The Bertz CT molecular complexity index is 569. The number of hydrogen-bond acceptors (Lipinski definition) is 3. The zero-order valence-corrected chi connectivity index (χ0v) is 11.8. The van der Waals surface area contributed by atoms with Crippen LogP contribution in [0.25, 0.3) is 0 Å². The van der Waals surface area contributed by atoms with Crippen molar-refractivity contribution < 1.29 is 0 Å². The summed E-state index contributed by atoms with van der Waals surface area (Å²) < 4.78 is 0. The van der Waals surface area contributed by atoms with Gasteiger partial charge >= 0.3 is 0 Å². The quantitative estimate of drug-likeness (QED) is 0.893. The van der Waals surface area contributed by atoms with Crippen molar-refractivity contribution in [2.24, 2.45) is 5.92 Å². The van der Waals surface area contributed by atoms with E-state index in [1.54, 1.807) is 6.20 Å². The van der Waals surface area contributed by atoms with E-state index in [4.69, 9.17) is 5.73 Å². The fourth-order valence-electron chi connectivity index (χ4n) is 3.23. The molecule has 1 aliphatic rings. The Morgan fingerprint density at radius 3 is 2.55 bits per heavy atom. The van der Waals surface area contributed by atoms with E-state index in [1.165, 1.54) is 11.1 Å². The van der Waals surface area contributed by atoms with Gasteiger partial charge in [0.15, 0.2) is 0 Å². The zero-order chi connectivity index (χ0) is 13.9. The predicted octanol–water partition coefficient (Wildman–Crippen LogP) is 2.21. The average Bonchev–Trinajstić information content (AvgIpc) is 2.90. The number of hydrogen-bond donors (Lipinski definition) is 2. The van der Waals surface area contributed by atoms with Crippen LogP contribution in [0.5, 0.6) is 0 Å². The third-order valence-corrected chi connectivity index (χ3v) is 4.40. The number of nitrogens with zero attached hydrogens (tertiary/aromatic N) is 1. The van der Waals surface area contributed by atoms with Crippen molar-refractivity contribution in [3.8, 4) is 0 Å². The van der Waals surface area contributed by atoms with Gasteiger partial charge in [0.25, 0.3) is 0 Å². The summed E-state index contributed by atoms with van der Waals surface area (Å²) in [6, 6.07) is 11.1. The summed E-state index contributed by atoms with van der Waals surface area (Å²) in [5, 5.41) is 3.47. The van der Waals surface area contributed by atoms with E-state index in [2.05, 4.69) is 34.6 Å². The molecule has 2 aromatic rings. The monoisotopic (exact) mass is 267 g/mol. The van der Waals surface area contributed by atoms with Gasteiger partial charge in [0.1, 0.15) is 0 Å². The maximum absolute atomic E-state index is 6.04. The van der Waals surface area contributed by atoms with E-state index >= 15 is 0 Å². The first-order valence-corrected chi connectivity index (χ1v) is 7.20. The molecule has 0 saturated carbocycles. The number of pyridine rings is 1. The molecule has 1 heterocycles. The average molecular weight is 267 g/mol. The fraction of sp³-hybridized carbons (Fsp3) is 0.353. The van der Waals surface area contributed by atoms with Crippen LogP contribution in [-0.2, 0) is 19.3 Å². The number of aromatic nitrogens is 1. The highest BCUT2D eigenvalue weighted by Gasteiger charge is 2.27. The molecule has 1 atom stereocenters. The molecule has 20 heavy (non-hydrogen) atoms. The molecule has 1 aromatic heterocycles.